The second-order valence-electron chi connectivity index (χ2n) is 4.56. The molecule has 0 amide bonds. The molecule has 0 aliphatic carbocycles. The maximum absolute atomic E-state index is 11.4. The molecule has 3 heterocycles. The molecule has 2 aromatic rings. The molecule has 0 unspecified atom stereocenters. The van der Waals surface area contributed by atoms with Gasteiger partial charge >= 0.3 is 5.97 Å². The molecule has 0 aromatic carbocycles. The summed E-state index contributed by atoms with van der Waals surface area (Å²) in [4.78, 5) is 17.2. The van der Waals surface area contributed by atoms with E-state index in [0.29, 0.717) is 18.9 Å². The Morgan fingerprint density at radius 3 is 2.65 bits per heavy atom. The number of rotatable bonds is 2. The van der Waals surface area contributed by atoms with Crippen molar-refractivity contribution < 1.29 is 18.3 Å². The van der Waals surface area contributed by atoms with Gasteiger partial charge in [-0.25, -0.2) is 22.7 Å². The first-order valence-electron chi connectivity index (χ1n) is 5.99. The SMILES string of the molecule is O=C(O)c1cnn2ccc(N3CCS(=O)(=O)CC3)nc12. The van der Waals surface area contributed by atoms with Crippen molar-refractivity contribution in [3.63, 3.8) is 0 Å². The van der Waals surface area contributed by atoms with Crippen LogP contribution in [0.15, 0.2) is 18.5 Å². The molecule has 3 rings (SSSR count). The quantitative estimate of drug-likeness (QED) is 0.808. The second kappa shape index (κ2) is 4.44. The largest absolute Gasteiger partial charge is 0.477 e. The van der Waals surface area contributed by atoms with Gasteiger partial charge in [0.05, 0.1) is 17.7 Å². The molecule has 1 aliphatic heterocycles. The van der Waals surface area contributed by atoms with E-state index in [0.717, 1.165) is 0 Å². The number of carboxylic acids is 1. The van der Waals surface area contributed by atoms with Crippen molar-refractivity contribution in [2.24, 2.45) is 0 Å². The smallest absolute Gasteiger partial charge is 0.341 e. The van der Waals surface area contributed by atoms with Gasteiger partial charge in [-0.3, -0.25) is 0 Å². The molecule has 20 heavy (non-hydrogen) atoms. The van der Waals surface area contributed by atoms with E-state index < -0.39 is 15.8 Å². The van der Waals surface area contributed by atoms with Crippen LogP contribution in [-0.2, 0) is 9.84 Å². The third-order valence-electron chi connectivity index (χ3n) is 3.25. The Balaban J connectivity index is 1.97. The lowest BCUT2D eigenvalue weighted by molar-refractivity contribution is 0.0698. The molecule has 0 bridgehead atoms. The number of hydrogen-bond donors (Lipinski definition) is 1. The summed E-state index contributed by atoms with van der Waals surface area (Å²) in [7, 11) is -2.96. The Bertz CT molecular complexity index is 769. The minimum absolute atomic E-state index is 0.0245. The number of aromatic nitrogens is 3. The Labute approximate surface area is 114 Å². The summed E-state index contributed by atoms with van der Waals surface area (Å²) in [6.07, 6.45) is 2.86. The predicted octanol–water partition coefficient (Wildman–Crippen LogP) is -0.338. The van der Waals surface area contributed by atoms with Gasteiger partial charge in [-0.15, -0.1) is 0 Å². The average molecular weight is 296 g/mol. The van der Waals surface area contributed by atoms with Crippen LogP contribution >= 0.6 is 0 Å². The van der Waals surface area contributed by atoms with Crippen molar-refractivity contribution in [3.05, 3.63) is 24.0 Å². The molecule has 1 saturated heterocycles. The fraction of sp³-hybridized carbons (Fsp3) is 0.364. The lowest BCUT2D eigenvalue weighted by Gasteiger charge is -2.27. The number of fused-ring (bicyclic) bond motifs is 1. The first-order valence-corrected chi connectivity index (χ1v) is 7.81. The van der Waals surface area contributed by atoms with E-state index in [1.807, 2.05) is 4.90 Å². The van der Waals surface area contributed by atoms with Gasteiger partial charge in [0.15, 0.2) is 15.5 Å². The van der Waals surface area contributed by atoms with Crippen LogP contribution in [0.1, 0.15) is 10.4 Å². The van der Waals surface area contributed by atoms with Crippen LogP contribution in [0.3, 0.4) is 0 Å². The molecule has 0 saturated carbocycles. The number of carboxylic acid groups (broad SMARTS) is 1. The zero-order valence-corrected chi connectivity index (χ0v) is 11.2. The van der Waals surface area contributed by atoms with E-state index >= 15 is 0 Å². The molecular formula is C11H12N4O4S. The highest BCUT2D eigenvalue weighted by molar-refractivity contribution is 7.91. The lowest BCUT2D eigenvalue weighted by Crippen LogP contribution is -2.40. The van der Waals surface area contributed by atoms with Gasteiger partial charge in [-0.2, -0.15) is 5.10 Å². The molecule has 1 N–H and O–H groups in total. The Morgan fingerprint density at radius 2 is 2.00 bits per heavy atom. The highest BCUT2D eigenvalue weighted by Crippen LogP contribution is 2.17. The summed E-state index contributed by atoms with van der Waals surface area (Å²) >= 11 is 0. The van der Waals surface area contributed by atoms with Crippen LogP contribution in [0.5, 0.6) is 0 Å². The van der Waals surface area contributed by atoms with Crippen LogP contribution in [0.25, 0.3) is 5.65 Å². The van der Waals surface area contributed by atoms with Crippen LogP contribution in [0, 0.1) is 0 Å². The van der Waals surface area contributed by atoms with Gasteiger partial charge in [0.1, 0.15) is 11.4 Å². The third-order valence-corrected chi connectivity index (χ3v) is 4.86. The molecule has 106 valence electrons. The number of sulfone groups is 1. The van der Waals surface area contributed by atoms with Gasteiger partial charge in [-0.1, -0.05) is 0 Å². The number of carbonyl (C=O) groups is 1. The average Bonchev–Trinajstić information content (AvgIpc) is 2.81. The molecular weight excluding hydrogens is 284 g/mol. The Kier molecular flexibility index (Phi) is 2.85. The van der Waals surface area contributed by atoms with Crippen molar-refractivity contribution in [1.29, 1.82) is 0 Å². The molecule has 1 fully saturated rings. The third kappa shape index (κ3) is 2.20. The van der Waals surface area contributed by atoms with E-state index in [-0.39, 0.29) is 22.7 Å². The first-order chi connectivity index (χ1) is 9.46. The topological polar surface area (TPSA) is 105 Å². The number of hydrogen-bond acceptors (Lipinski definition) is 6. The van der Waals surface area contributed by atoms with Crippen molar-refractivity contribution >= 4 is 27.3 Å². The molecule has 0 radical (unpaired) electrons. The summed E-state index contributed by atoms with van der Waals surface area (Å²) in [5, 5.41) is 13.0. The van der Waals surface area contributed by atoms with Gasteiger partial charge < -0.3 is 10.0 Å². The van der Waals surface area contributed by atoms with Crippen LogP contribution in [0.4, 0.5) is 5.82 Å². The molecule has 2 aromatic heterocycles. The first kappa shape index (κ1) is 12.9. The van der Waals surface area contributed by atoms with E-state index in [2.05, 4.69) is 10.1 Å². The highest BCUT2D eigenvalue weighted by Gasteiger charge is 2.23. The zero-order valence-electron chi connectivity index (χ0n) is 10.4. The minimum Gasteiger partial charge on any atom is -0.477 e. The highest BCUT2D eigenvalue weighted by atomic mass is 32.2. The maximum Gasteiger partial charge on any atom is 0.341 e. The molecule has 0 atom stereocenters. The summed E-state index contributed by atoms with van der Waals surface area (Å²) < 4.78 is 24.2. The van der Waals surface area contributed by atoms with Gasteiger partial charge in [0.25, 0.3) is 0 Å². The van der Waals surface area contributed by atoms with Crippen molar-refractivity contribution in [2.75, 3.05) is 29.5 Å². The van der Waals surface area contributed by atoms with Crippen molar-refractivity contribution in [1.82, 2.24) is 14.6 Å². The lowest BCUT2D eigenvalue weighted by atomic mass is 10.3. The number of nitrogens with zero attached hydrogens (tertiary/aromatic N) is 4. The van der Waals surface area contributed by atoms with Gasteiger partial charge in [0.2, 0.25) is 0 Å². The number of anilines is 1. The molecule has 1 aliphatic rings. The normalized spacial score (nSPS) is 18.3. The molecule has 0 spiro atoms. The minimum atomic E-state index is -2.96. The van der Waals surface area contributed by atoms with Crippen LogP contribution < -0.4 is 4.90 Å². The Hall–Kier alpha value is -2.16. The fourth-order valence-corrected chi connectivity index (χ4v) is 3.33. The summed E-state index contributed by atoms with van der Waals surface area (Å²) in [5.74, 6) is -0.350. The fourth-order valence-electron chi connectivity index (χ4n) is 2.13. The summed E-state index contributed by atoms with van der Waals surface area (Å²) in [5.41, 5.74) is 0.278. The van der Waals surface area contributed by atoms with Crippen LogP contribution in [0.2, 0.25) is 0 Å². The maximum atomic E-state index is 11.4. The molecule has 8 nitrogen and oxygen atoms in total. The van der Waals surface area contributed by atoms with Crippen molar-refractivity contribution in [2.45, 2.75) is 0 Å². The van der Waals surface area contributed by atoms with E-state index in [1.54, 1.807) is 12.3 Å². The number of aromatic carboxylic acids is 1. The monoisotopic (exact) mass is 296 g/mol. The van der Waals surface area contributed by atoms with E-state index in [4.69, 9.17) is 5.11 Å². The van der Waals surface area contributed by atoms with Crippen molar-refractivity contribution in [3.8, 4) is 0 Å². The summed E-state index contributed by atoms with van der Waals surface area (Å²) in [6.45, 7) is 0.726. The summed E-state index contributed by atoms with van der Waals surface area (Å²) in [6, 6.07) is 1.70. The van der Waals surface area contributed by atoms with Gasteiger partial charge in [-0.05, 0) is 6.07 Å². The molecule has 9 heteroatoms. The standard InChI is InChI=1S/C11H12N4O4S/c16-11(17)8-7-12-15-2-1-9(13-10(8)15)14-3-5-20(18,19)6-4-14/h1-2,7H,3-6H2,(H,16,17). The zero-order chi connectivity index (χ0) is 14.3. The second-order valence-corrected chi connectivity index (χ2v) is 6.86. The van der Waals surface area contributed by atoms with Crippen LogP contribution in [-0.4, -0.2) is 58.7 Å². The Morgan fingerprint density at radius 1 is 1.30 bits per heavy atom. The van der Waals surface area contributed by atoms with E-state index in [9.17, 15) is 13.2 Å². The van der Waals surface area contributed by atoms with E-state index in [1.165, 1.54) is 10.7 Å². The van der Waals surface area contributed by atoms with Gasteiger partial charge in [0, 0.05) is 19.3 Å². The predicted molar refractivity (Wildman–Crippen MR) is 70.8 cm³/mol.